The highest BCUT2D eigenvalue weighted by Crippen LogP contribution is 2.26. The van der Waals surface area contributed by atoms with E-state index in [1.807, 2.05) is 30.5 Å². The number of nitrogens with zero attached hydrogens (tertiary/aromatic N) is 1. The van der Waals surface area contributed by atoms with Crippen molar-refractivity contribution in [1.82, 2.24) is 4.31 Å². The van der Waals surface area contributed by atoms with Crippen LogP contribution in [-0.4, -0.2) is 45.1 Å². The van der Waals surface area contributed by atoms with Crippen LogP contribution in [0.5, 0.6) is 5.75 Å². The lowest BCUT2D eigenvalue weighted by atomic mass is 9.99. The molecule has 1 aliphatic rings. The van der Waals surface area contributed by atoms with Crippen molar-refractivity contribution in [2.45, 2.75) is 22.6 Å². The first-order valence-electron chi connectivity index (χ1n) is 9.03. The number of benzene rings is 2. The summed E-state index contributed by atoms with van der Waals surface area (Å²) in [7, 11) is -2.11. The number of anilines is 1. The van der Waals surface area contributed by atoms with Gasteiger partial charge in [-0.05, 0) is 67.6 Å². The summed E-state index contributed by atoms with van der Waals surface area (Å²) in [6, 6.07) is 13.9. The second-order valence-electron chi connectivity index (χ2n) is 6.60. The Morgan fingerprint density at radius 3 is 2.43 bits per heavy atom. The molecule has 1 amide bonds. The number of piperidine rings is 1. The summed E-state index contributed by atoms with van der Waals surface area (Å²) in [6.07, 6.45) is 3.32. The summed E-state index contributed by atoms with van der Waals surface area (Å²) in [5, 5.41) is 2.90. The zero-order chi connectivity index (χ0) is 20.1. The monoisotopic (exact) mass is 420 g/mol. The number of methoxy groups -OCH3 is 1. The molecule has 0 radical (unpaired) electrons. The lowest BCUT2D eigenvalue weighted by Gasteiger charge is -2.31. The molecule has 1 heterocycles. The van der Waals surface area contributed by atoms with Gasteiger partial charge in [0.1, 0.15) is 5.75 Å². The molecule has 0 saturated carbocycles. The highest BCUT2D eigenvalue weighted by atomic mass is 32.2. The minimum absolute atomic E-state index is 0.147. The Morgan fingerprint density at radius 1 is 1.14 bits per heavy atom. The second kappa shape index (κ2) is 8.98. The molecule has 8 heteroatoms. The number of rotatable bonds is 6. The third-order valence-corrected chi connectivity index (χ3v) is 7.43. The van der Waals surface area contributed by atoms with Crippen molar-refractivity contribution < 1.29 is 17.9 Å². The first kappa shape index (κ1) is 20.7. The van der Waals surface area contributed by atoms with Crippen molar-refractivity contribution in [2.24, 2.45) is 5.92 Å². The van der Waals surface area contributed by atoms with Crippen LogP contribution >= 0.6 is 11.8 Å². The topological polar surface area (TPSA) is 75.7 Å². The summed E-state index contributed by atoms with van der Waals surface area (Å²) in [5.41, 5.74) is 0.720. The molecule has 0 spiro atoms. The fourth-order valence-corrected chi connectivity index (χ4v) is 5.12. The first-order valence-corrected chi connectivity index (χ1v) is 11.7. The van der Waals surface area contributed by atoms with E-state index < -0.39 is 10.0 Å². The maximum Gasteiger partial charge on any atom is 0.243 e. The quantitative estimate of drug-likeness (QED) is 0.725. The van der Waals surface area contributed by atoms with Crippen molar-refractivity contribution in [2.75, 3.05) is 31.8 Å². The summed E-state index contributed by atoms with van der Waals surface area (Å²) in [4.78, 5) is 14.0. The van der Waals surface area contributed by atoms with E-state index in [2.05, 4.69) is 5.32 Å². The largest absolute Gasteiger partial charge is 0.497 e. The Morgan fingerprint density at radius 2 is 1.82 bits per heavy atom. The van der Waals surface area contributed by atoms with Gasteiger partial charge in [-0.2, -0.15) is 4.31 Å². The highest BCUT2D eigenvalue weighted by Gasteiger charge is 2.33. The van der Waals surface area contributed by atoms with Gasteiger partial charge in [-0.15, -0.1) is 11.8 Å². The van der Waals surface area contributed by atoms with Crippen LogP contribution in [0, 0.1) is 5.92 Å². The molecule has 1 atom stereocenters. The minimum Gasteiger partial charge on any atom is -0.497 e. The Kier molecular flexibility index (Phi) is 6.64. The summed E-state index contributed by atoms with van der Waals surface area (Å²) in [6.45, 7) is 0.601. The molecule has 150 valence electrons. The van der Waals surface area contributed by atoms with Crippen LogP contribution in [0.2, 0.25) is 0 Å². The molecule has 1 saturated heterocycles. The lowest BCUT2D eigenvalue weighted by Crippen LogP contribution is -2.43. The van der Waals surface area contributed by atoms with Gasteiger partial charge < -0.3 is 10.1 Å². The molecule has 1 aliphatic heterocycles. The van der Waals surface area contributed by atoms with E-state index >= 15 is 0 Å². The van der Waals surface area contributed by atoms with E-state index in [-0.39, 0.29) is 23.3 Å². The molecule has 0 aromatic heterocycles. The number of nitrogens with one attached hydrogen (secondary N) is 1. The van der Waals surface area contributed by atoms with E-state index in [1.54, 1.807) is 23.9 Å². The number of amides is 1. The second-order valence-corrected chi connectivity index (χ2v) is 9.41. The SMILES string of the molecule is COc1ccc(S(=O)(=O)N2CCC[C@H](C(=O)Nc3ccc(SC)cc3)C2)cc1. The maximum atomic E-state index is 12.9. The average molecular weight is 421 g/mol. The average Bonchev–Trinajstić information content (AvgIpc) is 2.74. The van der Waals surface area contributed by atoms with Gasteiger partial charge in [-0.25, -0.2) is 8.42 Å². The van der Waals surface area contributed by atoms with E-state index in [1.165, 1.54) is 23.5 Å². The Hall–Kier alpha value is -2.03. The van der Waals surface area contributed by atoms with Crippen molar-refractivity contribution in [3.63, 3.8) is 0 Å². The zero-order valence-corrected chi connectivity index (χ0v) is 17.6. The van der Waals surface area contributed by atoms with Gasteiger partial charge in [0, 0.05) is 23.7 Å². The van der Waals surface area contributed by atoms with Crippen LogP contribution in [0.1, 0.15) is 12.8 Å². The molecule has 3 rings (SSSR count). The van der Waals surface area contributed by atoms with Crippen LogP contribution in [0.4, 0.5) is 5.69 Å². The van der Waals surface area contributed by atoms with Gasteiger partial charge in [-0.3, -0.25) is 4.79 Å². The predicted octanol–water partition coefficient (Wildman–Crippen LogP) is 3.46. The van der Waals surface area contributed by atoms with Gasteiger partial charge in [-0.1, -0.05) is 0 Å². The smallest absolute Gasteiger partial charge is 0.243 e. The van der Waals surface area contributed by atoms with Gasteiger partial charge in [0.15, 0.2) is 0 Å². The molecule has 28 heavy (non-hydrogen) atoms. The number of hydrogen-bond donors (Lipinski definition) is 1. The van der Waals surface area contributed by atoms with Crippen molar-refractivity contribution in [3.05, 3.63) is 48.5 Å². The normalized spacial score (nSPS) is 17.9. The summed E-state index contributed by atoms with van der Waals surface area (Å²) >= 11 is 1.63. The Bertz CT molecular complexity index is 912. The molecule has 0 aliphatic carbocycles. The van der Waals surface area contributed by atoms with Crippen molar-refractivity contribution >= 4 is 33.4 Å². The number of hydrogen-bond acceptors (Lipinski definition) is 5. The van der Waals surface area contributed by atoms with Gasteiger partial charge in [0.25, 0.3) is 0 Å². The molecule has 1 fully saturated rings. The molecule has 0 bridgehead atoms. The zero-order valence-electron chi connectivity index (χ0n) is 15.9. The van der Waals surface area contributed by atoms with Crippen LogP contribution < -0.4 is 10.1 Å². The number of carbonyl (C=O) groups is 1. The molecule has 0 unspecified atom stereocenters. The molecular formula is C20H24N2O4S2. The molecular weight excluding hydrogens is 396 g/mol. The highest BCUT2D eigenvalue weighted by molar-refractivity contribution is 7.98. The fourth-order valence-electron chi connectivity index (χ4n) is 3.19. The standard InChI is InChI=1S/C20H24N2O4S2/c1-26-17-7-11-19(12-8-17)28(24,25)22-13-3-4-15(14-22)20(23)21-16-5-9-18(27-2)10-6-16/h5-12,15H,3-4,13-14H2,1-2H3,(H,21,23)/t15-/m0/s1. The fraction of sp³-hybridized carbons (Fsp3) is 0.350. The minimum atomic E-state index is -3.64. The molecule has 2 aromatic rings. The van der Waals surface area contributed by atoms with E-state index in [0.717, 1.165) is 10.6 Å². The summed E-state index contributed by atoms with van der Waals surface area (Å²) in [5.74, 6) is 0.0795. The predicted molar refractivity (Wildman–Crippen MR) is 111 cm³/mol. The van der Waals surface area contributed by atoms with Gasteiger partial charge >= 0.3 is 0 Å². The number of sulfonamides is 1. The third kappa shape index (κ3) is 4.68. The van der Waals surface area contributed by atoms with Crippen LogP contribution in [0.15, 0.2) is 58.3 Å². The molecule has 6 nitrogen and oxygen atoms in total. The van der Waals surface area contributed by atoms with Gasteiger partial charge in [0.05, 0.1) is 17.9 Å². The third-order valence-electron chi connectivity index (χ3n) is 4.81. The van der Waals surface area contributed by atoms with Crippen molar-refractivity contribution in [3.8, 4) is 5.75 Å². The van der Waals surface area contributed by atoms with Gasteiger partial charge in [0.2, 0.25) is 15.9 Å². The first-order chi connectivity index (χ1) is 13.4. The maximum absolute atomic E-state index is 12.9. The van der Waals surface area contributed by atoms with Crippen molar-refractivity contribution in [1.29, 1.82) is 0 Å². The van der Waals surface area contributed by atoms with Crippen LogP contribution in [0.25, 0.3) is 0 Å². The summed E-state index contributed by atoms with van der Waals surface area (Å²) < 4.78 is 32.4. The van der Waals surface area contributed by atoms with E-state index in [4.69, 9.17) is 4.74 Å². The van der Waals surface area contributed by atoms with E-state index in [9.17, 15) is 13.2 Å². The van der Waals surface area contributed by atoms with Crippen LogP contribution in [-0.2, 0) is 14.8 Å². The lowest BCUT2D eigenvalue weighted by molar-refractivity contribution is -0.120. The van der Waals surface area contributed by atoms with E-state index in [0.29, 0.717) is 25.1 Å². The number of ether oxygens (including phenoxy) is 1. The van der Waals surface area contributed by atoms with Crippen LogP contribution in [0.3, 0.4) is 0 Å². The Labute approximate surface area is 170 Å². The molecule has 2 aromatic carbocycles. The molecule has 1 N–H and O–H groups in total. The number of thioether (sulfide) groups is 1. The Balaban J connectivity index is 1.68. The number of carbonyl (C=O) groups excluding carboxylic acids is 1.